The van der Waals surface area contributed by atoms with Crippen LogP contribution in [0.2, 0.25) is 0 Å². The predicted molar refractivity (Wildman–Crippen MR) is 120 cm³/mol. The van der Waals surface area contributed by atoms with Gasteiger partial charge in [-0.15, -0.1) is 5.10 Å². The van der Waals surface area contributed by atoms with E-state index in [2.05, 4.69) is 15.1 Å². The number of nitrogens with zero attached hydrogens (tertiary/aromatic N) is 5. The molecule has 11 nitrogen and oxygen atoms in total. The van der Waals surface area contributed by atoms with Gasteiger partial charge in [-0.05, 0) is 31.5 Å². The van der Waals surface area contributed by atoms with Crippen molar-refractivity contribution >= 4 is 21.4 Å². The number of rotatable bonds is 5. The number of imidazole rings is 1. The van der Waals surface area contributed by atoms with E-state index in [4.69, 9.17) is 0 Å². The van der Waals surface area contributed by atoms with Crippen molar-refractivity contribution < 1.29 is 18.3 Å². The Bertz CT molecular complexity index is 1390. The highest BCUT2D eigenvalue weighted by atomic mass is 32.2. The molecular weight excluding hydrogens is 448 g/mol. The quantitative estimate of drug-likeness (QED) is 0.560. The van der Waals surface area contributed by atoms with E-state index in [1.165, 1.54) is 33.9 Å². The molecule has 3 heterocycles. The van der Waals surface area contributed by atoms with Crippen LogP contribution in [-0.2, 0) is 21.2 Å². The van der Waals surface area contributed by atoms with Crippen molar-refractivity contribution in [2.45, 2.75) is 38.5 Å². The molecular formula is C21H26N6O5S. The molecule has 3 aromatic rings. The number of aryl methyl sites for hydroxylation is 2. The molecule has 0 spiro atoms. The van der Waals surface area contributed by atoms with Crippen molar-refractivity contribution in [3.05, 3.63) is 40.1 Å². The molecule has 0 saturated carbocycles. The first-order valence-corrected chi connectivity index (χ1v) is 12.1. The Morgan fingerprint density at radius 1 is 1.21 bits per heavy atom. The van der Waals surface area contributed by atoms with Crippen molar-refractivity contribution in [1.82, 2.24) is 28.8 Å². The lowest BCUT2D eigenvalue weighted by atomic mass is 10.2. The molecule has 1 aromatic carbocycles. The first kappa shape index (κ1) is 22.9. The van der Waals surface area contributed by atoms with E-state index < -0.39 is 15.6 Å². The molecule has 0 unspecified atom stereocenters. The normalized spacial score (nSPS) is 15.3. The zero-order valence-corrected chi connectivity index (χ0v) is 19.5. The number of aromatic hydroxyl groups is 1. The van der Waals surface area contributed by atoms with Gasteiger partial charge in [0.2, 0.25) is 15.9 Å². The predicted octanol–water partition coefficient (Wildman–Crippen LogP) is 0.904. The maximum Gasteiger partial charge on any atom is 0.277 e. The van der Waals surface area contributed by atoms with Crippen LogP contribution >= 0.6 is 0 Å². The van der Waals surface area contributed by atoms with E-state index in [1.807, 2.05) is 6.92 Å². The fourth-order valence-electron chi connectivity index (χ4n) is 4.00. The summed E-state index contributed by atoms with van der Waals surface area (Å²) in [6.07, 6.45) is 1.41. The molecule has 12 heteroatoms. The third-order valence-electron chi connectivity index (χ3n) is 5.76. The minimum absolute atomic E-state index is 0.0371. The monoisotopic (exact) mass is 474 g/mol. The minimum atomic E-state index is -3.88. The number of sulfonamides is 1. The first-order chi connectivity index (χ1) is 15.6. The lowest BCUT2D eigenvalue weighted by molar-refractivity contribution is -0.129. The second-order valence-corrected chi connectivity index (χ2v) is 9.95. The number of phenolic OH excluding ortho intramolecular Hbond substituents is 1. The van der Waals surface area contributed by atoms with E-state index >= 15 is 0 Å². The van der Waals surface area contributed by atoms with Gasteiger partial charge in [0.25, 0.3) is 5.56 Å². The van der Waals surface area contributed by atoms with Crippen LogP contribution in [0, 0.1) is 6.92 Å². The number of aromatic amines is 1. The summed E-state index contributed by atoms with van der Waals surface area (Å²) < 4.78 is 29.2. The Hall–Kier alpha value is -3.25. The summed E-state index contributed by atoms with van der Waals surface area (Å²) in [5, 5.41) is 14.9. The molecule has 33 heavy (non-hydrogen) atoms. The smallest absolute Gasteiger partial charge is 0.277 e. The van der Waals surface area contributed by atoms with E-state index in [0.717, 1.165) is 6.42 Å². The maximum absolute atomic E-state index is 13.2. The van der Waals surface area contributed by atoms with Crippen LogP contribution in [0.4, 0.5) is 0 Å². The third kappa shape index (κ3) is 4.11. The molecule has 1 aliphatic heterocycles. The van der Waals surface area contributed by atoms with Crippen LogP contribution in [-0.4, -0.2) is 74.4 Å². The number of fused-ring (bicyclic) bond motifs is 1. The number of nitrogens with one attached hydrogen (secondary N) is 1. The summed E-state index contributed by atoms with van der Waals surface area (Å²) in [5.74, 6) is 0.343. The Kier molecular flexibility index (Phi) is 5.97. The fraction of sp³-hybridized carbons (Fsp3) is 0.429. The molecule has 0 bridgehead atoms. The summed E-state index contributed by atoms with van der Waals surface area (Å²) >= 11 is 0. The van der Waals surface area contributed by atoms with Gasteiger partial charge in [0.05, 0.1) is 16.2 Å². The highest BCUT2D eigenvalue weighted by Gasteiger charge is 2.30. The Balaban J connectivity index is 1.75. The van der Waals surface area contributed by atoms with Gasteiger partial charge in [0.1, 0.15) is 11.6 Å². The number of hydrogen-bond donors (Lipinski definition) is 2. The molecule has 4 rings (SSSR count). The number of phenols is 1. The van der Waals surface area contributed by atoms with Crippen LogP contribution in [0.15, 0.2) is 27.9 Å². The summed E-state index contributed by atoms with van der Waals surface area (Å²) in [7, 11) is -3.88. The van der Waals surface area contributed by atoms with Gasteiger partial charge in [0, 0.05) is 39.5 Å². The van der Waals surface area contributed by atoms with Crippen LogP contribution in [0.5, 0.6) is 5.75 Å². The number of amides is 1. The van der Waals surface area contributed by atoms with Crippen molar-refractivity contribution in [3.63, 3.8) is 0 Å². The zero-order valence-electron chi connectivity index (χ0n) is 18.7. The van der Waals surface area contributed by atoms with Crippen LogP contribution in [0.1, 0.15) is 31.8 Å². The van der Waals surface area contributed by atoms with Gasteiger partial charge < -0.3 is 15.0 Å². The molecule has 2 aromatic heterocycles. The highest BCUT2D eigenvalue weighted by Crippen LogP contribution is 2.30. The summed E-state index contributed by atoms with van der Waals surface area (Å²) in [6, 6.07) is 3.88. The Morgan fingerprint density at radius 2 is 1.91 bits per heavy atom. The SMILES string of the molecule is CCCc1nc(C)c2c(=O)[nH]c(-c3cc(S(=O)(=O)N4CCN(C(C)=O)CC4)ccc3O)nn12. The molecule has 1 fully saturated rings. The third-order valence-corrected chi connectivity index (χ3v) is 7.66. The topological polar surface area (TPSA) is 141 Å². The molecule has 1 aliphatic rings. The van der Waals surface area contributed by atoms with Crippen molar-refractivity contribution in [2.75, 3.05) is 26.2 Å². The number of aromatic nitrogens is 4. The van der Waals surface area contributed by atoms with Gasteiger partial charge in [0.15, 0.2) is 11.3 Å². The molecule has 0 atom stereocenters. The van der Waals surface area contributed by atoms with E-state index in [9.17, 15) is 23.1 Å². The molecule has 176 valence electrons. The standard InChI is InChI=1S/C21H26N6O5S/c1-4-5-18-22-13(2)19-21(30)23-20(24-27(18)19)16-12-15(6-7-17(16)29)33(31,32)26-10-8-25(9-11-26)14(3)28/h6-7,12,29H,4-5,8-11H2,1-3H3,(H,23,24,30). The van der Waals surface area contributed by atoms with Crippen LogP contribution in [0.25, 0.3) is 16.9 Å². The second kappa shape index (κ2) is 8.60. The van der Waals surface area contributed by atoms with Crippen molar-refractivity contribution in [3.8, 4) is 17.1 Å². The van der Waals surface area contributed by atoms with E-state index in [1.54, 1.807) is 11.8 Å². The number of carbonyl (C=O) groups is 1. The summed E-state index contributed by atoms with van der Waals surface area (Å²) in [5.41, 5.74) is 0.518. The zero-order chi connectivity index (χ0) is 23.9. The van der Waals surface area contributed by atoms with Crippen molar-refractivity contribution in [2.24, 2.45) is 0 Å². The van der Waals surface area contributed by atoms with Gasteiger partial charge in [-0.1, -0.05) is 6.92 Å². The number of carbonyl (C=O) groups excluding carboxylic acids is 1. The molecule has 2 N–H and O–H groups in total. The lowest BCUT2D eigenvalue weighted by Crippen LogP contribution is -2.49. The molecule has 0 aliphatic carbocycles. The minimum Gasteiger partial charge on any atom is -0.507 e. The van der Waals surface area contributed by atoms with E-state index in [-0.39, 0.29) is 41.0 Å². The van der Waals surface area contributed by atoms with Crippen LogP contribution in [0.3, 0.4) is 0 Å². The second-order valence-electron chi connectivity index (χ2n) is 8.02. The largest absolute Gasteiger partial charge is 0.507 e. The summed E-state index contributed by atoms with van der Waals surface area (Å²) in [6.45, 7) is 6.13. The van der Waals surface area contributed by atoms with Gasteiger partial charge in [-0.2, -0.15) is 4.31 Å². The number of piperazine rings is 1. The average molecular weight is 475 g/mol. The Labute approximate surface area is 190 Å². The molecule has 1 amide bonds. The maximum atomic E-state index is 13.2. The van der Waals surface area contributed by atoms with E-state index in [0.29, 0.717) is 36.5 Å². The summed E-state index contributed by atoms with van der Waals surface area (Å²) in [4.78, 5) is 32.9. The van der Waals surface area contributed by atoms with Gasteiger partial charge in [-0.25, -0.2) is 17.9 Å². The first-order valence-electron chi connectivity index (χ1n) is 10.7. The highest BCUT2D eigenvalue weighted by molar-refractivity contribution is 7.89. The fourth-order valence-corrected chi connectivity index (χ4v) is 5.45. The molecule has 0 radical (unpaired) electrons. The molecule has 1 saturated heterocycles. The average Bonchev–Trinajstić information content (AvgIpc) is 3.09. The van der Waals surface area contributed by atoms with Gasteiger partial charge in [-0.3, -0.25) is 9.59 Å². The van der Waals surface area contributed by atoms with Gasteiger partial charge >= 0.3 is 0 Å². The number of hydrogen-bond acceptors (Lipinski definition) is 7. The van der Waals surface area contributed by atoms with Crippen molar-refractivity contribution in [1.29, 1.82) is 0 Å². The van der Waals surface area contributed by atoms with Crippen LogP contribution < -0.4 is 5.56 Å². The number of H-pyrrole nitrogens is 1. The number of benzene rings is 1. The lowest BCUT2D eigenvalue weighted by Gasteiger charge is -2.33. The Morgan fingerprint density at radius 3 is 2.55 bits per heavy atom.